The Bertz CT molecular complexity index is 866. The Morgan fingerprint density at radius 3 is 2.28 bits per heavy atom. The van der Waals surface area contributed by atoms with Gasteiger partial charge in [-0.2, -0.15) is 0 Å². The van der Waals surface area contributed by atoms with Gasteiger partial charge in [-0.1, -0.05) is 54.9 Å². The number of hydrogen-bond acceptors (Lipinski definition) is 3. The van der Waals surface area contributed by atoms with E-state index < -0.39 is 11.9 Å². The van der Waals surface area contributed by atoms with Gasteiger partial charge in [0.2, 0.25) is 11.8 Å². The Kier molecular flexibility index (Phi) is 8.39. The van der Waals surface area contributed by atoms with Crippen LogP contribution in [0.15, 0.2) is 53.0 Å². The third-order valence-electron chi connectivity index (χ3n) is 4.44. The molecular formula is C22H26BrN3O3. The van der Waals surface area contributed by atoms with Gasteiger partial charge in [0.25, 0.3) is 5.91 Å². The van der Waals surface area contributed by atoms with E-state index in [0.29, 0.717) is 5.56 Å². The van der Waals surface area contributed by atoms with Crippen LogP contribution in [0.1, 0.15) is 36.7 Å². The number of amides is 3. The Morgan fingerprint density at radius 2 is 1.66 bits per heavy atom. The number of hydrogen-bond donors (Lipinski definition) is 3. The molecule has 0 saturated carbocycles. The van der Waals surface area contributed by atoms with Crippen molar-refractivity contribution < 1.29 is 14.4 Å². The van der Waals surface area contributed by atoms with Crippen LogP contribution in [0.2, 0.25) is 0 Å². The van der Waals surface area contributed by atoms with Crippen molar-refractivity contribution in [1.29, 1.82) is 0 Å². The molecule has 0 spiro atoms. The Labute approximate surface area is 179 Å². The average molecular weight is 460 g/mol. The Morgan fingerprint density at radius 1 is 1.00 bits per heavy atom. The minimum absolute atomic E-state index is 0.140. The molecule has 154 valence electrons. The molecule has 2 rings (SSSR count). The molecule has 0 aromatic heterocycles. The molecule has 0 radical (unpaired) electrons. The number of anilines is 1. The van der Waals surface area contributed by atoms with Gasteiger partial charge in [-0.05, 0) is 48.2 Å². The van der Waals surface area contributed by atoms with E-state index in [1.54, 1.807) is 24.3 Å². The van der Waals surface area contributed by atoms with Gasteiger partial charge in [0.05, 0.1) is 6.54 Å². The molecule has 0 fully saturated rings. The predicted molar refractivity (Wildman–Crippen MR) is 118 cm³/mol. The van der Waals surface area contributed by atoms with Crippen LogP contribution >= 0.6 is 15.9 Å². The van der Waals surface area contributed by atoms with Gasteiger partial charge >= 0.3 is 0 Å². The first-order valence-corrected chi connectivity index (χ1v) is 10.3. The number of carbonyl (C=O) groups excluding carboxylic acids is 3. The van der Waals surface area contributed by atoms with Crippen LogP contribution in [0.3, 0.4) is 0 Å². The maximum Gasteiger partial charge on any atom is 0.251 e. The molecule has 2 aromatic rings. The minimum Gasteiger partial charge on any atom is -0.345 e. The highest BCUT2D eigenvalue weighted by Gasteiger charge is 2.25. The zero-order chi connectivity index (χ0) is 21.4. The molecule has 0 saturated heterocycles. The van der Waals surface area contributed by atoms with E-state index in [4.69, 9.17) is 0 Å². The zero-order valence-corrected chi connectivity index (χ0v) is 18.4. The molecule has 3 N–H and O–H groups in total. The van der Waals surface area contributed by atoms with Crippen molar-refractivity contribution in [2.75, 3.05) is 11.9 Å². The van der Waals surface area contributed by atoms with E-state index in [-0.39, 0.29) is 24.3 Å². The van der Waals surface area contributed by atoms with E-state index in [1.165, 1.54) is 0 Å². The van der Waals surface area contributed by atoms with Gasteiger partial charge in [0.1, 0.15) is 6.04 Å². The fourth-order valence-electron chi connectivity index (χ4n) is 2.78. The van der Waals surface area contributed by atoms with Gasteiger partial charge in [0, 0.05) is 15.7 Å². The molecule has 0 bridgehead atoms. The highest BCUT2D eigenvalue weighted by molar-refractivity contribution is 9.10. The van der Waals surface area contributed by atoms with Crippen molar-refractivity contribution in [2.24, 2.45) is 5.92 Å². The first-order valence-electron chi connectivity index (χ1n) is 9.53. The summed E-state index contributed by atoms with van der Waals surface area (Å²) in [6.45, 7) is 5.51. The largest absolute Gasteiger partial charge is 0.345 e. The van der Waals surface area contributed by atoms with E-state index >= 15 is 0 Å². The standard InChI is InChI=1S/C22H26BrN3O3/c1-4-15-7-5-6-8-18(15)25-19(27)13-24-22(29)20(14(2)3)26-21(28)16-9-11-17(23)12-10-16/h5-12,14,20H,4,13H2,1-3H3,(H,24,29)(H,25,27)(H,26,28)/t20-/m0/s1. The molecule has 0 aliphatic rings. The lowest BCUT2D eigenvalue weighted by Gasteiger charge is -2.21. The number of nitrogens with one attached hydrogen (secondary N) is 3. The molecule has 0 aliphatic carbocycles. The molecule has 3 amide bonds. The summed E-state index contributed by atoms with van der Waals surface area (Å²) in [4.78, 5) is 37.2. The molecule has 2 aromatic carbocycles. The van der Waals surface area contributed by atoms with Gasteiger partial charge in [-0.3, -0.25) is 14.4 Å². The molecule has 7 heteroatoms. The molecule has 0 heterocycles. The van der Waals surface area contributed by atoms with Gasteiger partial charge in [0.15, 0.2) is 0 Å². The van der Waals surface area contributed by atoms with Gasteiger partial charge in [-0.25, -0.2) is 0 Å². The summed E-state index contributed by atoms with van der Waals surface area (Å²) in [6.07, 6.45) is 0.792. The van der Waals surface area contributed by atoms with E-state index in [2.05, 4.69) is 31.9 Å². The number of para-hydroxylation sites is 1. The van der Waals surface area contributed by atoms with Crippen LogP contribution in [0, 0.1) is 5.92 Å². The summed E-state index contributed by atoms with van der Waals surface area (Å²) in [5, 5.41) is 8.17. The number of carbonyl (C=O) groups is 3. The van der Waals surface area contributed by atoms with Crippen LogP contribution in [-0.4, -0.2) is 30.3 Å². The lowest BCUT2D eigenvalue weighted by atomic mass is 10.0. The second-order valence-electron chi connectivity index (χ2n) is 6.98. The smallest absolute Gasteiger partial charge is 0.251 e. The molecule has 0 unspecified atom stereocenters. The lowest BCUT2D eigenvalue weighted by molar-refractivity contribution is -0.126. The number of benzene rings is 2. The SMILES string of the molecule is CCc1ccccc1NC(=O)CNC(=O)[C@@H](NC(=O)c1ccc(Br)cc1)C(C)C. The van der Waals surface area contributed by atoms with Crippen LogP contribution < -0.4 is 16.0 Å². The zero-order valence-electron chi connectivity index (χ0n) is 16.8. The second-order valence-corrected chi connectivity index (χ2v) is 7.89. The quantitative estimate of drug-likeness (QED) is 0.564. The topological polar surface area (TPSA) is 87.3 Å². The van der Waals surface area contributed by atoms with Crippen molar-refractivity contribution >= 4 is 39.3 Å². The van der Waals surface area contributed by atoms with Crippen LogP contribution in [-0.2, 0) is 16.0 Å². The molecule has 1 atom stereocenters. The summed E-state index contributed by atoms with van der Waals surface area (Å²) >= 11 is 3.32. The van der Waals surface area contributed by atoms with Crippen molar-refractivity contribution in [3.63, 3.8) is 0 Å². The van der Waals surface area contributed by atoms with E-state index in [9.17, 15) is 14.4 Å². The van der Waals surface area contributed by atoms with Crippen molar-refractivity contribution in [1.82, 2.24) is 10.6 Å². The average Bonchev–Trinajstić information content (AvgIpc) is 2.70. The maximum atomic E-state index is 12.6. The summed E-state index contributed by atoms with van der Waals surface area (Å²) in [5.41, 5.74) is 2.22. The van der Waals surface area contributed by atoms with Crippen LogP contribution in [0.4, 0.5) is 5.69 Å². The number of halogens is 1. The van der Waals surface area contributed by atoms with Gasteiger partial charge < -0.3 is 16.0 Å². The van der Waals surface area contributed by atoms with Crippen molar-refractivity contribution in [2.45, 2.75) is 33.2 Å². The first kappa shape index (κ1) is 22.6. The Hall–Kier alpha value is -2.67. The number of rotatable bonds is 8. The third-order valence-corrected chi connectivity index (χ3v) is 4.97. The monoisotopic (exact) mass is 459 g/mol. The third kappa shape index (κ3) is 6.71. The molecular weight excluding hydrogens is 434 g/mol. The number of aryl methyl sites for hydroxylation is 1. The normalized spacial score (nSPS) is 11.6. The van der Waals surface area contributed by atoms with Crippen LogP contribution in [0.5, 0.6) is 0 Å². The molecule has 29 heavy (non-hydrogen) atoms. The van der Waals surface area contributed by atoms with E-state index in [1.807, 2.05) is 45.0 Å². The summed E-state index contributed by atoms with van der Waals surface area (Å²) in [5.74, 6) is -1.20. The van der Waals surface area contributed by atoms with Crippen molar-refractivity contribution in [3.05, 3.63) is 64.1 Å². The summed E-state index contributed by atoms with van der Waals surface area (Å²) in [7, 11) is 0. The maximum absolute atomic E-state index is 12.6. The summed E-state index contributed by atoms with van der Waals surface area (Å²) < 4.78 is 0.864. The first-order chi connectivity index (χ1) is 13.8. The van der Waals surface area contributed by atoms with Gasteiger partial charge in [-0.15, -0.1) is 0 Å². The fourth-order valence-corrected chi connectivity index (χ4v) is 3.05. The van der Waals surface area contributed by atoms with Crippen LogP contribution in [0.25, 0.3) is 0 Å². The molecule has 6 nitrogen and oxygen atoms in total. The minimum atomic E-state index is -0.748. The predicted octanol–water partition coefficient (Wildman–Crippen LogP) is 3.52. The molecule has 0 aliphatic heterocycles. The van der Waals surface area contributed by atoms with Crippen molar-refractivity contribution in [3.8, 4) is 0 Å². The lowest BCUT2D eigenvalue weighted by Crippen LogP contribution is -2.51. The highest BCUT2D eigenvalue weighted by atomic mass is 79.9. The summed E-state index contributed by atoms with van der Waals surface area (Å²) in [6, 6.07) is 13.7. The van der Waals surface area contributed by atoms with E-state index in [0.717, 1.165) is 22.1 Å². The second kappa shape index (κ2) is 10.8. The highest BCUT2D eigenvalue weighted by Crippen LogP contribution is 2.15. The Balaban J connectivity index is 1.94. The fraction of sp³-hybridized carbons (Fsp3) is 0.318.